The van der Waals surface area contributed by atoms with Crippen LogP contribution >= 0.6 is 0 Å². The van der Waals surface area contributed by atoms with Crippen molar-refractivity contribution in [3.05, 3.63) is 96.6 Å². The van der Waals surface area contributed by atoms with E-state index < -0.39 is 51.4 Å². The van der Waals surface area contributed by atoms with E-state index in [1.807, 2.05) is 63.4 Å². The van der Waals surface area contributed by atoms with Crippen LogP contribution in [0.2, 0.25) is 5.04 Å². The number of ether oxygens (including phenoxy) is 5. The Labute approximate surface area is 288 Å². The van der Waals surface area contributed by atoms with Crippen molar-refractivity contribution in [3.63, 3.8) is 0 Å². The van der Waals surface area contributed by atoms with Crippen molar-refractivity contribution in [3.8, 4) is 0 Å². The maximum absolute atomic E-state index is 11.2. The molecule has 2 N–H and O–H groups in total. The molecule has 4 unspecified atom stereocenters. The van der Waals surface area contributed by atoms with Crippen LogP contribution in [0.4, 0.5) is 0 Å². The molecule has 0 aliphatic carbocycles. The van der Waals surface area contributed by atoms with Crippen molar-refractivity contribution in [2.24, 2.45) is 11.8 Å². The summed E-state index contributed by atoms with van der Waals surface area (Å²) in [6, 6.07) is 31.1. The zero-order valence-corrected chi connectivity index (χ0v) is 30.7. The van der Waals surface area contributed by atoms with Gasteiger partial charge >= 0.3 is 0 Å². The molecule has 8 nitrogen and oxygen atoms in total. The molecule has 0 spiro atoms. The number of hydrogen-bond donors (Lipinski definition) is 2. The van der Waals surface area contributed by atoms with E-state index in [-0.39, 0.29) is 22.9 Å². The summed E-state index contributed by atoms with van der Waals surface area (Å²) in [5.74, 6) is -0.276. The van der Waals surface area contributed by atoms with Crippen LogP contribution in [0, 0.1) is 11.8 Å². The van der Waals surface area contributed by atoms with E-state index >= 15 is 0 Å². The minimum absolute atomic E-state index is 0.0249. The van der Waals surface area contributed by atoms with Gasteiger partial charge in [-0.15, -0.1) is 0 Å². The number of nitrogens with one attached hydrogen (secondary N) is 1. The molecule has 3 aromatic carbocycles. The quantitative estimate of drug-likeness (QED) is 0.263. The molecule has 10 atom stereocenters. The predicted octanol–water partition coefficient (Wildman–Crippen LogP) is 4.87. The fourth-order valence-electron chi connectivity index (χ4n) is 7.52. The van der Waals surface area contributed by atoms with E-state index in [4.69, 9.17) is 28.1 Å². The Morgan fingerprint density at radius 1 is 0.771 bits per heavy atom. The summed E-state index contributed by atoms with van der Waals surface area (Å²) in [7, 11) is 0.730. The highest BCUT2D eigenvalue weighted by Gasteiger charge is 2.53. The molecule has 3 aromatic rings. The van der Waals surface area contributed by atoms with Gasteiger partial charge in [-0.05, 0) is 34.9 Å². The van der Waals surface area contributed by atoms with Gasteiger partial charge in [0.1, 0.15) is 12.2 Å². The van der Waals surface area contributed by atoms with Gasteiger partial charge in [0.05, 0.1) is 37.6 Å². The van der Waals surface area contributed by atoms with Crippen LogP contribution in [-0.4, -0.2) is 83.3 Å². The van der Waals surface area contributed by atoms with E-state index in [1.54, 1.807) is 7.11 Å². The molecule has 5 rings (SSSR count). The van der Waals surface area contributed by atoms with Crippen LogP contribution in [0.1, 0.15) is 47.1 Å². The highest BCUT2D eigenvalue weighted by Crippen LogP contribution is 2.39. The van der Waals surface area contributed by atoms with Crippen molar-refractivity contribution in [2.75, 3.05) is 20.8 Å². The summed E-state index contributed by atoms with van der Waals surface area (Å²) < 4.78 is 39.6. The van der Waals surface area contributed by atoms with Crippen molar-refractivity contribution >= 4 is 18.7 Å². The number of methoxy groups -OCH3 is 1. The second-order valence-electron chi connectivity index (χ2n) is 14.3. The first kappa shape index (κ1) is 36.8. The van der Waals surface area contributed by atoms with Crippen LogP contribution in [0.25, 0.3) is 0 Å². The lowest BCUT2D eigenvalue weighted by atomic mass is 9.87. The highest BCUT2D eigenvalue weighted by molar-refractivity contribution is 6.99. The number of likely N-dealkylation sites (N-methyl/N-ethyl adjacent to an activating group) is 1. The molecule has 0 bridgehead atoms. The van der Waals surface area contributed by atoms with Crippen molar-refractivity contribution < 1.29 is 33.2 Å². The smallest absolute Gasteiger partial charge is 0.261 e. The number of hydrogen-bond acceptors (Lipinski definition) is 8. The Morgan fingerprint density at radius 3 is 1.85 bits per heavy atom. The largest absolute Gasteiger partial charge is 0.405 e. The lowest BCUT2D eigenvalue weighted by Crippen LogP contribution is -2.68. The Hall–Kier alpha value is -2.44. The minimum atomic E-state index is -2.86. The Kier molecular flexibility index (Phi) is 12.3. The van der Waals surface area contributed by atoms with Gasteiger partial charge in [0, 0.05) is 18.9 Å². The van der Waals surface area contributed by atoms with Crippen molar-refractivity contribution in [1.29, 1.82) is 0 Å². The third kappa shape index (κ3) is 7.65. The highest BCUT2D eigenvalue weighted by atomic mass is 28.4. The van der Waals surface area contributed by atoms with E-state index in [0.29, 0.717) is 13.2 Å². The minimum Gasteiger partial charge on any atom is -0.405 e. The Balaban J connectivity index is 1.45. The lowest BCUT2D eigenvalue weighted by molar-refractivity contribution is -0.329. The topological polar surface area (TPSA) is 87.6 Å². The zero-order valence-electron chi connectivity index (χ0n) is 29.7. The normalized spacial score (nSPS) is 31.4. The maximum atomic E-state index is 11.2. The van der Waals surface area contributed by atoms with Gasteiger partial charge < -0.3 is 38.5 Å². The summed E-state index contributed by atoms with van der Waals surface area (Å²) in [6.07, 6.45) is -3.74. The molecule has 262 valence electrons. The van der Waals surface area contributed by atoms with Crippen LogP contribution < -0.4 is 15.7 Å². The number of rotatable bonds is 12. The lowest BCUT2D eigenvalue weighted by Gasteiger charge is -2.50. The third-order valence-electron chi connectivity index (χ3n) is 10.2. The first-order valence-corrected chi connectivity index (χ1v) is 19.2. The van der Waals surface area contributed by atoms with Gasteiger partial charge in [0.2, 0.25) is 0 Å². The van der Waals surface area contributed by atoms with Crippen LogP contribution in [-0.2, 0) is 34.7 Å². The third-order valence-corrected chi connectivity index (χ3v) is 15.2. The van der Waals surface area contributed by atoms with Gasteiger partial charge in [0.15, 0.2) is 12.6 Å². The van der Waals surface area contributed by atoms with E-state index in [9.17, 15) is 5.11 Å². The van der Waals surface area contributed by atoms with Crippen LogP contribution in [0.15, 0.2) is 91.0 Å². The molecule has 2 heterocycles. The molecule has 2 aliphatic heterocycles. The van der Waals surface area contributed by atoms with Gasteiger partial charge in [-0.2, -0.15) is 0 Å². The molecular weight excluding hydrogens is 623 g/mol. The summed E-state index contributed by atoms with van der Waals surface area (Å²) >= 11 is 0. The van der Waals surface area contributed by atoms with Crippen LogP contribution in [0.3, 0.4) is 0 Å². The van der Waals surface area contributed by atoms with Gasteiger partial charge in [-0.1, -0.05) is 126 Å². The molecule has 2 saturated heterocycles. The second kappa shape index (κ2) is 16.1. The summed E-state index contributed by atoms with van der Waals surface area (Å²) in [6.45, 7) is 13.5. The fourth-order valence-corrected chi connectivity index (χ4v) is 12.1. The average molecular weight is 678 g/mol. The molecule has 9 heteroatoms. The van der Waals surface area contributed by atoms with Crippen molar-refractivity contribution in [2.45, 2.75) is 102 Å². The molecule has 0 aromatic heterocycles. The second-order valence-corrected chi connectivity index (χ2v) is 18.7. The summed E-state index contributed by atoms with van der Waals surface area (Å²) in [4.78, 5) is 0. The number of benzene rings is 3. The molecular formula is C39H55NO7Si. The first-order valence-electron chi connectivity index (χ1n) is 17.3. The summed E-state index contributed by atoms with van der Waals surface area (Å²) in [5, 5.41) is 16.8. The summed E-state index contributed by atoms with van der Waals surface area (Å²) in [5.41, 5.74) is 1.05. The molecule has 2 fully saturated rings. The molecule has 2 aliphatic rings. The maximum Gasteiger partial charge on any atom is 0.261 e. The molecule has 0 radical (unpaired) electrons. The standard InChI is InChI=1S/C39H55NO7Si/c1-26-33(40-7)38(42-8)46-32(25-44-48(39(4,5)6,30-20-14-10-15-21-30)31-22-16-11-17-23-31)35(26)47-37-27(2)36(34(41)28(3)45-37)43-24-29-18-12-9-13-19-29/h9-23,26-28,32-38,40-41H,24-25H2,1-8H3/t26-,27?,28?,32?,33?,34-,35+,36+,37+,38+/m1/s1. The van der Waals surface area contributed by atoms with Gasteiger partial charge in [-0.3, -0.25) is 0 Å². The van der Waals surface area contributed by atoms with E-state index in [1.165, 1.54) is 10.4 Å². The van der Waals surface area contributed by atoms with Gasteiger partial charge in [0.25, 0.3) is 8.32 Å². The Bertz CT molecular complexity index is 1350. The molecule has 0 saturated carbocycles. The fraction of sp³-hybridized carbons (Fsp3) is 0.538. The molecule has 0 amide bonds. The number of aliphatic hydroxyl groups excluding tert-OH is 1. The predicted molar refractivity (Wildman–Crippen MR) is 191 cm³/mol. The van der Waals surface area contributed by atoms with E-state index in [2.05, 4.69) is 81.5 Å². The SMILES string of the molecule is CNC1[C@@H](OC)OC(CO[Si](c2ccccc2)(c2ccccc2)C(C)(C)C)[C@@H](O[C@@H]2OC(C)[C@@H](O)[C@@H](OCc3ccccc3)C2C)[C@@H]1C. The van der Waals surface area contributed by atoms with Gasteiger partial charge in [-0.25, -0.2) is 0 Å². The first-order chi connectivity index (χ1) is 23.0. The number of aliphatic hydroxyl groups is 1. The van der Waals surface area contributed by atoms with Crippen LogP contribution in [0.5, 0.6) is 0 Å². The monoisotopic (exact) mass is 677 g/mol. The average Bonchev–Trinajstić information content (AvgIpc) is 3.09. The molecule has 48 heavy (non-hydrogen) atoms. The van der Waals surface area contributed by atoms with E-state index in [0.717, 1.165) is 5.56 Å². The Morgan fingerprint density at radius 2 is 1.33 bits per heavy atom. The zero-order chi connectivity index (χ0) is 34.5. The van der Waals surface area contributed by atoms with Crippen molar-refractivity contribution in [1.82, 2.24) is 5.32 Å².